The molecule has 1 heterocycles. The van der Waals surface area contributed by atoms with Crippen LogP contribution in [-0.2, 0) is 12.8 Å². The molecular weight excluding hydrogens is 224 g/mol. The lowest BCUT2D eigenvalue weighted by Gasteiger charge is -2.03. The van der Waals surface area contributed by atoms with E-state index in [0.29, 0.717) is 0 Å². The molecule has 2 aromatic rings. The fourth-order valence-electron chi connectivity index (χ4n) is 1.91. The molecule has 0 bridgehead atoms. The topological polar surface area (TPSA) is 53.6 Å². The molecule has 4 heteroatoms. The van der Waals surface area contributed by atoms with Gasteiger partial charge in [-0.05, 0) is 18.5 Å². The summed E-state index contributed by atoms with van der Waals surface area (Å²) >= 11 is 0. The fourth-order valence-corrected chi connectivity index (χ4v) is 1.91. The average Bonchev–Trinajstić information content (AvgIpc) is 2.83. The molecule has 0 radical (unpaired) electrons. The van der Waals surface area contributed by atoms with Gasteiger partial charge in [0, 0.05) is 19.4 Å². The largest absolute Gasteiger partial charge is 0.316 e. The highest BCUT2D eigenvalue weighted by Gasteiger charge is 2.07. The third-order valence-electron chi connectivity index (χ3n) is 2.88. The Kier molecular flexibility index (Phi) is 4.90. The van der Waals surface area contributed by atoms with Crippen molar-refractivity contribution in [1.82, 2.24) is 20.7 Å². The predicted octanol–water partition coefficient (Wildman–Crippen LogP) is 1.94. The van der Waals surface area contributed by atoms with Gasteiger partial charge in [-0.1, -0.05) is 37.3 Å². The monoisotopic (exact) mass is 244 g/mol. The van der Waals surface area contributed by atoms with Crippen molar-refractivity contribution in [1.29, 1.82) is 0 Å². The first-order chi connectivity index (χ1) is 8.90. The van der Waals surface area contributed by atoms with E-state index >= 15 is 0 Å². The van der Waals surface area contributed by atoms with Crippen LogP contribution in [0.3, 0.4) is 0 Å². The van der Waals surface area contributed by atoms with Crippen LogP contribution in [0.1, 0.15) is 30.3 Å². The van der Waals surface area contributed by atoms with Gasteiger partial charge >= 0.3 is 0 Å². The summed E-state index contributed by atoms with van der Waals surface area (Å²) in [6, 6.07) is 10.4. The van der Waals surface area contributed by atoms with Crippen LogP contribution < -0.4 is 5.32 Å². The molecule has 0 saturated heterocycles. The Hall–Kier alpha value is -1.68. The highest BCUT2D eigenvalue weighted by atomic mass is 15.3. The molecule has 2 N–H and O–H groups in total. The van der Waals surface area contributed by atoms with E-state index in [-0.39, 0.29) is 0 Å². The van der Waals surface area contributed by atoms with E-state index in [1.54, 1.807) is 0 Å². The molecule has 0 unspecified atom stereocenters. The van der Waals surface area contributed by atoms with Gasteiger partial charge in [0.15, 0.2) is 0 Å². The SMILES string of the molecule is CCCNCCc1n[nH]nc1Cc1ccccc1. The van der Waals surface area contributed by atoms with Crippen molar-refractivity contribution in [2.45, 2.75) is 26.2 Å². The Morgan fingerprint density at radius 1 is 1.06 bits per heavy atom. The van der Waals surface area contributed by atoms with Crippen LogP contribution in [0, 0.1) is 0 Å². The summed E-state index contributed by atoms with van der Waals surface area (Å²) in [4.78, 5) is 0. The number of hydrogen-bond acceptors (Lipinski definition) is 3. The molecule has 0 amide bonds. The van der Waals surface area contributed by atoms with Gasteiger partial charge < -0.3 is 5.32 Å². The van der Waals surface area contributed by atoms with Crippen LogP contribution in [0.25, 0.3) is 0 Å². The molecular formula is C14H20N4. The van der Waals surface area contributed by atoms with Gasteiger partial charge in [-0.15, -0.1) is 0 Å². The minimum atomic E-state index is 0.848. The van der Waals surface area contributed by atoms with E-state index in [9.17, 15) is 0 Å². The van der Waals surface area contributed by atoms with Gasteiger partial charge in [-0.3, -0.25) is 0 Å². The minimum Gasteiger partial charge on any atom is -0.316 e. The Labute approximate surface area is 108 Å². The fraction of sp³-hybridized carbons (Fsp3) is 0.429. The Morgan fingerprint density at radius 2 is 1.83 bits per heavy atom. The summed E-state index contributed by atoms with van der Waals surface area (Å²) in [5.41, 5.74) is 3.40. The van der Waals surface area contributed by atoms with E-state index in [1.807, 2.05) is 6.07 Å². The average molecular weight is 244 g/mol. The molecule has 0 aliphatic heterocycles. The Morgan fingerprint density at radius 3 is 2.61 bits per heavy atom. The van der Waals surface area contributed by atoms with Crippen LogP contribution in [0.2, 0.25) is 0 Å². The minimum absolute atomic E-state index is 0.848. The highest BCUT2D eigenvalue weighted by molar-refractivity contribution is 5.23. The first kappa shape index (κ1) is 12.8. The Bertz CT molecular complexity index is 450. The van der Waals surface area contributed by atoms with Gasteiger partial charge in [-0.2, -0.15) is 15.4 Å². The molecule has 4 nitrogen and oxygen atoms in total. The Balaban J connectivity index is 1.91. The third kappa shape index (κ3) is 3.67. The molecule has 0 aliphatic rings. The number of nitrogens with zero attached hydrogens (tertiary/aromatic N) is 2. The van der Waals surface area contributed by atoms with Crippen LogP contribution in [0.4, 0.5) is 0 Å². The second kappa shape index (κ2) is 6.91. The first-order valence-electron chi connectivity index (χ1n) is 6.53. The van der Waals surface area contributed by atoms with E-state index < -0.39 is 0 Å². The van der Waals surface area contributed by atoms with Crippen molar-refractivity contribution in [2.75, 3.05) is 13.1 Å². The van der Waals surface area contributed by atoms with E-state index in [4.69, 9.17) is 0 Å². The highest BCUT2D eigenvalue weighted by Crippen LogP contribution is 2.09. The van der Waals surface area contributed by atoms with Crippen molar-refractivity contribution in [3.05, 3.63) is 47.3 Å². The number of aromatic nitrogens is 3. The lowest BCUT2D eigenvalue weighted by atomic mass is 10.1. The van der Waals surface area contributed by atoms with Gasteiger partial charge in [0.05, 0.1) is 11.4 Å². The zero-order valence-electron chi connectivity index (χ0n) is 10.8. The van der Waals surface area contributed by atoms with E-state index in [2.05, 4.69) is 51.9 Å². The van der Waals surface area contributed by atoms with Crippen molar-refractivity contribution in [2.24, 2.45) is 0 Å². The van der Waals surface area contributed by atoms with Crippen molar-refractivity contribution in [3.63, 3.8) is 0 Å². The van der Waals surface area contributed by atoms with Crippen molar-refractivity contribution >= 4 is 0 Å². The molecule has 0 spiro atoms. The molecule has 0 aliphatic carbocycles. The third-order valence-corrected chi connectivity index (χ3v) is 2.88. The molecule has 0 fully saturated rings. The molecule has 0 atom stereocenters. The maximum Gasteiger partial charge on any atom is 0.0900 e. The summed E-state index contributed by atoms with van der Waals surface area (Å²) in [6.07, 6.45) is 2.94. The lowest BCUT2D eigenvalue weighted by molar-refractivity contribution is 0.663. The molecule has 0 saturated carbocycles. The summed E-state index contributed by atoms with van der Waals surface area (Å²) in [6.45, 7) is 4.19. The summed E-state index contributed by atoms with van der Waals surface area (Å²) in [7, 11) is 0. The van der Waals surface area contributed by atoms with E-state index in [1.165, 1.54) is 5.56 Å². The van der Waals surface area contributed by atoms with Crippen LogP contribution in [-0.4, -0.2) is 28.5 Å². The molecule has 96 valence electrons. The second-order valence-corrected chi connectivity index (χ2v) is 4.38. The number of rotatable bonds is 7. The quantitative estimate of drug-likeness (QED) is 0.732. The molecule has 1 aromatic carbocycles. The zero-order chi connectivity index (χ0) is 12.6. The van der Waals surface area contributed by atoms with Gasteiger partial charge in [-0.25, -0.2) is 0 Å². The molecule has 18 heavy (non-hydrogen) atoms. The van der Waals surface area contributed by atoms with Gasteiger partial charge in [0.25, 0.3) is 0 Å². The summed E-state index contributed by atoms with van der Waals surface area (Å²) in [5, 5.41) is 14.6. The standard InChI is InChI=1S/C14H20N4/c1-2-9-15-10-8-13-14(17-18-16-13)11-12-6-4-3-5-7-12/h3-7,15H,2,8-11H2,1H3,(H,16,17,18). The van der Waals surface area contributed by atoms with Crippen LogP contribution >= 0.6 is 0 Å². The maximum atomic E-state index is 4.25. The van der Waals surface area contributed by atoms with Crippen LogP contribution in [0.15, 0.2) is 30.3 Å². The van der Waals surface area contributed by atoms with E-state index in [0.717, 1.165) is 43.7 Å². The van der Waals surface area contributed by atoms with Crippen molar-refractivity contribution < 1.29 is 0 Å². The number of aromatic amines is 1. The number of hydrogen-bond donors (Lipinski definition) is 2. The zero-order valence-corrected chi connectivity index (χ0v) is 10.8. The second-order valence-electron chi connectivity index (χ2n) is 4.38. The number of benzene rings is 1. The van der Waals surface area contributed by atoms with Crippen molar-refractivity contribution in [3.8, 4) is 0 Å². The van der Waals surface area contributed by atoms with Gasteiger partial charge in [0.2, 0.25) is 0 Å². The lowest BCUT2D eigenvalue weighted by Crippen LogP contribution is -2.18. The van der Waals surface area contributed by atoms with Gasteiger partial charge in [0.1, 0.15) is 0 Å². The summed E-state index contributed by atoms with van der Waals surface area (Å²) in [5.74, 6) is 0. The smallest absolute Gasteiger partial charge is 0.0900 e. The molecule has 1 aromatic heterocycles. The summed E-state index contributed by atoms with van der Waals surface area (Å²) < 4.78 is 0. The number of H-pyrrole nitrogens is 1. The van der Waals surface area contributed by atoms with Crippen LogP contribution in [0.5, 0.6) is 0 Å². The first-order valence-corrected chi connectivity index (χ1v) is 6.53. The molecule has 2 rings (SSSR count). The predicted molar refractivity (Wildman–Crippen MR) is 72.5 cm³/mol. The number of nitrogens with one attached hydrogen (secondary N) is 2. The normalized spacial score (nSPS) is 10.7. The maximum absolute atomic E-state index is 4.25.